The molecule has 3 aromatic rings. The van der Waals surface area contributed by atoms with Gasteiger partial charge >= 0.3 is 6.18 Å². The number of hydrogen-bond donors (Lipinski definition) is 1. The smallest absolute Gasteiger partial charge is 0.356 e. The van der Waals surface area contributed by atoms with E-state index >= 15 is 0 Å². The SMILES string of the molecule is CCc1cc(-c2csc(S(=O)(=O)Nc3ccc(C(F)(F)F)cc3)c2)on1. The van der Waals surface area contributed by atoms with Gasteiger partial charge in [0, 0.05) is 22.7 Å². The van der Waals surface area contributed by atoms with Crippen LogP contribution in [0.1, 0.15) is 18.2 Å². The molecule has 0 saturated heterocycles. The molecule has 1 N–H and O–H groups in total. The number of hydrogen-bond acceptors (Lipinski definition) is 5. The van der Waals surface area contributed by atoms with Gasteiger partial charge in [-0.05, 0) is 36.8 Å². The van der Waals surface area contributed by atoms with Gasteiger partial charge in [0.25, 0.3) is 10.0 Å². The van der Waals surface area contributed by atoms with Gasteiger partial charge in [0.05, 0.1) is 11.3 Å². The van der Waals surface area contributed by atoms with Crippen molar-refractivity contribution in [2.24, 2.45) is 0 Å². The van der Waals surface area contributed by atoms with Crippen LogP contribution in [0.4, 0.5) is 18.9 Å². The molecule has 0 bridgehead atoms. The summed E-state index contributed by atoms with van der Waals surface area (Å²) >= 11 is 0.977. The summed E-state index contributed by atoms with van der Waals surface area (Å²) in [5.74, 6) is 0.453. The number of rotatable bonds is 5. The molecule has 138 valence electrons. The minimum absolute atomic E-state index is 0.0156. The highest BCUT2D eigenvalue weighted by Gasteiger charge is 2.30. The average Bonchev–Trinajstić information content (AvgIpc) is 3.23. The topological polar surface area (TPSA) is 72.2 Å². The predicted molar refractivity (Wildman–Crippen MR) is 91.4 cm³/mol. The Morgan fingerprint density at radius 2 is 1.88 bits per heavy atom. The quantitative estimate of drug-likeness (QED) is 0.666. The maximum absolute atomic E-state index is 12.6. The first kappa shape index (κ1) is 18.5. The molecule has 1 aromatic carbocycles. The second-order valence-electron chi connectivity index (χ2n) is 5.37. The van der Waals surface area contributed by atoms with Gasteiger partial charge in [0.1, 0.15) is 4.21 Å². The van der Waals surface area contributed by atoms with Crippen LogP contribution in [-0.2, 0) is 22.6 Å². The summed E-state index contributed by atoms with van der Waals surface area (Å²) in [4.78, 5) is 0. The van der Waals surface area contributed by atoms with Crippen LogP contribution >= 0.6 is 11.3 Å². The molecule has 2 aromatic heterocycles. The Bertz CT molecular complexity index is 1010. The van der Waals surface area contributed by atoms with Crippen LogP contribution in [0.5, 0.6) is 0 Å². The molecular weight excluding hydrogens is 389 g/mol. The van der Waals surface area contributed by atoms with Gasteiger partial charge in [-0.3, -0.25) is 4.72 Å². The van der Waals surface area contributed by atoms with Crippen LogP contribution in [0.15, 0.2) is 50.5 Å². The number of aromatic nitrogens is 1. The summed E-state index contributed by atoms with van der Waals surface area (Å²) < 4.78 is 70.0. The molecule has 0 atom stereocenters. The Hall–Kier alpha value is -2.33. The van der Waals surface area contributed by atoms with Crippen molar-refractivity contribution in [2.75, 3.05) is 4.72 Å². The van der Waals surface area contributed by atoms with Crippen molar-refractivity contribution in [3.8, 4) is 11.3 Å². The molecule has 0 aliphatic heterocycles. The second kappa shape index (κ2) is 6.76. The molecule has 0 radical (unpaired) electrons. The summed E-state index contributed by atoms with van der Waals surface area (Å²) in [6.45, 7) is 1.92. The summed E-state index contributed by atoms with van der Waals surface area (Å²) in [6.07, 6.45) is -3.79. The van der Waals surface area contributed by atoms with Gasteiger partial charge in [-0.2, -0.15) is 13.2 Å². The molecule has 0 aliphatic rings. The first-order chi connectivity index (χ1) is 12.2. The second-order valence-corrected chi connectivity index (χ2v) is 8.19. The molecule has 5 nitrogen and oxygen atoms in total. The fourth-order valence-electron chi connectivity index (χ4n) is 2.13. The van der Waals surface area contributed by atoms with E-state index in [9.17, 15) is 21.6 Å². The van der Waals surface area contributed by atoms with E-state index in [1.807, 2.05) is 6.92 Å². The fraction of sp³-hybridized carbons (Fsp3) is 0.188. The van der Waals surface area contributed by atoms with Crippen LogP contribution in [0.3, 0.4) is 0 Å². The minimum Gasteiger partial charge on any atom is -0.356 e. The normalized spacial score (nSPS) is 12.3. The lowest BCUT2D eigenvalue weighted by atomic mass is 10.2. The molecular formula is C16H13F3N2O3S2. The van der Waals surface area contributed by atoms with Gasteiger partial charge in [-0.25, -0.2) is 8.42 Å². The average molecular weight is 402 g/mol. The van der Waals surface area contributed by atoms with E-state index in [-0.39, 0.29) is 9.90 Å². The van der Waals surface area contributed by atoms with Gasteiger partial charge in [0.2, 0.25) is 0 Å². The third-order valence-corrected chi connectivity index (χ3v) is 6.33. The van der Waals surface area contributed by atoms with Crippen molar-refractivity contribution < 1.29 is 26.1 Å². The van der Waals surface area contributed by atoms with E-state index in [4.69, 9.17) is 4.52 Å². The van der Waals surface area contributed by atoms with Gasteiger partial charge in [0.15, 0.2) is 5.76 Å². The van der Waals surface area contributed by atoms with Gasteiger partial charge in [-0.1, -0.05) is 12.1 Å². The number of nitrogens with one attached hydrogen (secondary N) is 1. The minimum atomic E-state index is -4.48. The summed E-state index contributed by atoms with van der Waals surface area (Å²) in [5.41, 5.74) is 0.505. The Kier molecular flexibility index (Phi) is 4.80. The molecule has 0 fully saturated rings. The molecule has 26 heavy (non-hydrogen) atoms. The molecule has 0 spiro atoms. The first-order valence-electron chi connectivity index (χ1n) is 7.43. The van der Waals surface area contributed by atoms with E-state index in [1.54, 1.807) is 11.4 Å². The highest BCUT2D eigenvalue weighted by atomic mass is 32.2. The molecule has 0 saturated carbocycles. The van der Waals surface area contributed by atoms with E-state index < -0.39 is 21.8 Å². The number of thiophene rings is 1. The van der Waals surface area contributed by atoms with Crippen LogP contribution in [-0.4, -0.2) is 13.6 Å². The lowest BCUT2D eigenvalue weighted by Crippen LogP contribution is -2.12. The summed E-state index contributed by atoms with van der Waals surface area (Å²) in [5, 5.41) is 5.46. The molecule has 3 rings (SSSR count). The zero-order valence-corrected chi connectivity index (χ0v) is 15.0. The molecule has 0 amide bonds. The van der Waals surface area contributed by atoms with E-state index in [0.29, 0.717) is 17.7 Å². The summed E-state index contributed by atoms with van der Waals surface area (Å²) in [6, 6.07) is 6.92. The zero-order chi connectivity index (χ0) is 18.9. The maximum atomic E-state index is 12.6. The van der Waals surface area contributed by atoms with Crippen molar-refractivity contribution in [2.45, 2.75) is 23.7 Å². The zero-order valence-electron chi connectivity index (χ0n) is 13.4. The molecule has 2 heterocycles. The van der Waals surface area contributed by atoms with E-state index in [0.717, 1.165) is 41.3 Å². The Morgan fingerprint density at radius 1 is 1.19 bits per heavy atom. The number of benzene rings is 1. The lowest BCUT2D eigenvalue weighted by molar-refractivity contribution is -0.137. The van der Waals surface area contributed by atoms with Crippen molar-refractivity contribution in [1.82, 2.24) is 5.16 Å². The van der Waals surface area contributed by atoms with Crippen molar-refractivity contribution in [1.29, 1.82) is 0 Å². The van der Waals surface area contributed by atoms with Crippen molar-refractivity contribution in [3.05, 3.63) is 53.0 Å². The molecule has 0 unspecified atom stereocenters. The number of sulfonamides is 1. The third-order valence-electron chi connectivity index (χ3n) is 3.51. The van der Waals surface area contributed by atoms with Crippen LogP contribution < -0.4 is 4.72 Å². The Morgan fingerprint density at radius 3 is 2.46 bits per heavy atom. The predicted octanol–water partition coefficient (Wildman–Crippen LogP) is 4.79. The Labute approximate surface area is 151 Å². The first-order valence-corrected chi connectivity index (χ1v) is 9.80. The van der Waals surface area contributed by atoms with Gasteiger partial charge < -0.3 is 4.52 Å². The van der Waals surface area contributed by atoms with Gasteiger partial charge in [-0.15, -0.1) is 11.3 Å². The molecule has 10 heteroatoms. The highest BCUT2D eigenvalue weighted by Crippen LogP contribution is 2.32. The third kappa shape index (κ3) is 3.91. The standard InChI is InChI=1S/C16H13F3N2O3S2/c1-2-12-8-14(24-20-12)10-7-15(25-9-10)26(22,23)21-13-5-3-11(4-6-13)16(17,18)19/h3-9,21H,2H2,1H3. The molecule has 0 aliphatic carbocycles. The summed E-state index contributed by atoms with van der Waals surface area (Å²) in [7, 11) is -3.92. The van der Waals surface area contributed by atoms with E-state index in [1.165, 1.54) is 6.07 Å². The van der Waals surface area contributed by atoms with Crippen LogP contribution in [0.25, 0.3) is 11.3 Å². The van der Waals surface area contributed by atoms with E-state index in [2.05, 4.69) is 9.88 Å². The number of halogens is 3. The lowest BCUT2D eigenvalue weighted by Gasteiger charge is -2.09. The fourth-order valence-corrected chi connectivity index (χ4v) is 4.36. The maximum Gasteiger partial charge on any atom is 0.416 e. The number of anilines is 1. The Balaban J connectivity index is 1.80. The van der Waals surface area contributed by atoms with Crippen LogP contribution in [0.2, 0.25) is 0 Å². The van der Waals surface area contributed by atoms with Crippen LogP contribution in [0, 0.1) is 0 Å². The number of aryl methyl sites for hydroxylation is 1. The number of alkyl halides is 3. The number of nitrogens with zero attached hydrogens (tertiary/aromatic N) is 1. The monoisotopic (exact) mass is 402 g/mol. The van der Waals surface area contributed by atoms with Crippen molar-refractivity contribution in [3.63, 3.8) is 0 Å². The highest BCUT2D eigenvalue weighted by molar-refractivity contribution is 7.94. The largest absolute Gasteiger partial charge is 0.416 e. The van der Waals surface area contributed by atoms with Crippen molar-refractivity contribution >= 4 is 27.0 Å².